The molecule has 0 heterocycles. The first-order chi connectivity index (χ1) is 7.19. The standard InChI is InChI=1S/C12H24N2O/c1-3-4-5-11(8-13)14-12(15)9(2)10-6-7-10/h9-11H,3-8,13H2,1-2H3,(H,14,15). The second kappa shape index (κ2) is 6.11. The van der Waals surface area contributed by atoms with Gasteiger partial charge in [0, 0.05) is 18.5 Å². The summed E-state index contributed by atoms with van der Waals surface area (Å²) in [6.07, 6.45) is 5.74. The van der Waals surface area contributed by atoms with Crippen LogP contribution in [0.15, 0.2) is 0 Å². The van der Waals surface area contributed by atoms with Crippen LogP contribution in [0.1, 0.15) is 46.0 Å². The van der Waals surface area contributed by atoms with E-state index in [0.717, 1.165) is 19.3 Å². The Morgan fingerprint density at radius 2 is 2.20 bits per heavy atom. The Morgan fingerprint density at radius 3 is 2.67 bits per heavy atom. The van der Waals surface area contributed by atoms with E-state index in [1.54, 1.807) is 0 Å². The van der Waals surface area contributed by atoms with Crippen LogP contribution in [0.3, 0.4) is 0 Å². The number of unbranched alkanes of at least 4 members (excludes halogenated alkanes) is 1. The number of rotatable bonds is 7. The highest BCUT2D eigenvalue weighted by Gasteiger charge is 2.32. The SMILES string of the molecule is CCCCC(CN)NC(=O)C(C)C1CC1. The van der Waals surface area contributed by atoms with Crippen LogP contribution in [0, 0.1) is 11.8 Å². The van der Waals surface area contributed by atoms with E-state index in [9.17, 15) is 4.79 Å². The highest BCUT2D eigenvalue weighted by molar-refractivity contribution is 5.79. The quantitative estimate of drug-likeness (QED) is 0.674. The minimum Gasteiger partial charge on any atom is -0.352 e. The van der Waals surface area contributed by atoms with Crippen molar-refractivity contribution in [2.45, 2.75) is 52.0 Å². The molecule has 1 aliphatic rings. The lowest BCUT2D eigenvalue weighted by Crippen LogP contribution is -2.42. The molecule has 0 aromatic carbocycles. The Balaban J connectivity index is 2.26. The van der Waals surface area contributed by atoms with Gasteiger partial charge in [0.25, 0.3) is 0 Å². The van der Waals surface area contributed by atoms with E-state index in [1.165, 1.54) is 12.8 Å². The zero-order chi connectivity index (χ0) is 11.3. The maximum atomic E-state index is 11.8. The molecule has 3 heteroatoms. The first kappa shape index (κ1) is 12.5. The summed E-state index contributed by atoms with van der Waals surface area (Å²) < 4.78 is 0. The van der Waals surface area contributed by atoms with Gasteiger partial charge in [-0.3, -0.25) is 4.79 Å². The van der Waals surface area contributed by atoms with Gasteiger partial charge in [-0.15, -0.1) is 0 Å². The van der Waals surface area contributed by atoms with Gasteiger partial charge < -0.3 is 11.1 Å². The van der Waals surface area contributed by atoms with Crippen molar-refractivity contribution in [1.82, 2.24) is 5.32 Å². The van der Waals surface area contributed by atoms with E-state index in [4.69, 9.17) is 5.73 Å². The van der Waals surface area contributed by atoms with Crippen molar-refractivity contribution in [1.29, 1.82) is 0 Å². The lowest BCUT2D eigenvalue weighted by atomic mass is 10.0. The Morgan fingerprint density at radius 1 is 1.53 bits per heavy atom. The van der Waals surface area contributed by atoms with Gasteiger partial charge in [0.2, 0.25) is 5.91 Å². The number of carbonyl (C=O) groups excluding carboxylic acids is 1. The molecule has 2 atom stereocenters. The molecule has 1 rings (SSSR count). The lowest BCUT2D eigenvalue weighted by molar-refractivity contribution is -0.125. The second-order valence-electron chi connectivity index (χ2n) is 4.71. The third kappa shape index (κ3) is 4.20. The van der Waals surface area contributed by atoms with Crippen LogP contribution in [-0.4, -0.2) is 18.5 Å². The molecule has 1 fully saturated rings. The number of carbonyl (C=O) groups is 1. The number of hydrogen-bond donors (Lipinski definition) is 2. The summed E-state index contributed by atoms with van der Waals surface area (Å²) in [5.74, 6) is 1.01. The van der Waals surface area contributed by atoms with Crippen LogP contribution >= 0.6 is 0 Å². The Kier molecular flexibility index (Phi) is 5.09. The van der Waals surface area contributed by atoms with Crippen molar-refractivity contribution < 1.29 is 4.79 Å². The highest BCUT2D eigenvalue weighted by Crippen LogP contribution is 2.36. The van der Waals surface area contributed by atoms with Gasteiger partial charge in [-0.05, 0) is 25.2 Å². The average molecular weight is 212 g/mol. The third-order valence-electron chi connectivity index (χ3n) is 3.28. The molecular formula is C12H24N2O. The first-order valence-corrected chi connectivity index (χ1v) is 6.19. The number of nitrogens with one attached hydrogen (secondary N) is 1. The molecule has 3 nitrogen and oxygen atoms in total. The van der Waals surface area contributed by atoms with Crippen LogP contribution < -0.4 is 11.1 Å². The van der Waals surface area contributed by atoms with E-state index in [2.05, 4.69) is 12.2 Å². The Hall–Kier alpha value is -0.570. The fourth-order valence-electron chi connectivity index (χ4n) is 1.84. The molecule has 0 aliphatic heterocycles. The number of hydrogen-bond acceptors (Lipinski definition) is 2. The lowest BCUT2D eigenvalue weighted by Gasteiger charge is -2.19. The first-order valence-electron chi connectivity index (χ1n) is 6.19. The summed E-state index contributed by atoms with van der Waals surface area (Å²) in [7, 11) is 0. The molecule has 0 aromatic rings. The van der Waals surface area contributed by atoms with Crippen molar-refractivity contribution in [3.05, 3.63) is 0 Å². The van der Waals surface area contributed by atoms with Crippen molar-refractivity contribution in [2.24, 2.45) is 17.6 Å². The van der Waals surface area contributed by atoms with Crippen molar-refractivity contribution in [3.63, 3.8) is 0 Å². The number of amides is 1. The van der Waals surface area contributed by atoms with E-state index < -0.39 is 0 Å². The maximum absolute atomic E-state index is 11.8. The molecule has 0 aromatic heterocycles. The molecule has 1 saturated carbocycles. The highest BCUT2D eigenvalue weighted by atomic mass is 16.1. The molecule has 1 aliphatic carbocycles. The average Bonchev–Trinajstić information content (AvgIpc) is 3.06. The predicted molar refractivity (Wildman–Crippen MR) is 62.4 cm³/mol. The molecule has 0 saturated heterocycles. The van der Waals surface area contributed by atoms with E-state index >= 15 is 0 Å². The van der Waals surface area contributed by atoms with Crippen LogP contribution in [0.5, 0.6) is 0 Å². The van der Waals surface area contributed by atoms with Gasteiger partial charge in [-0.1, -0.05) is 26.7 Å². The van der Waals surface area contributed by atoms with Crippen LogP contribution in [-0.2, 0) is 4.79 Å². The van der Waals surface area contributed by atoms with Crippen LogP contribution in [0.25, 0.3) is 0 Å². The smallest absolute Gasteiger partial charge is 0.223 e. The van der Waals surface area contributed by atoms with Crippen LogP contribution in [0.4, 0.5) is 0 Å². The molecule has 0 radical (unpaired) electrons. The van der Waals surface area contributed by atoms with E-state index in [-0.39, 0.29) is 17.9 Å². The largest absolute Gasteiger partial charge is 0.352 e. The molecule has 1 amide bonds. The fraction of sp³-hybridized carbons (Fsp3) is 0.917. The zero-order valence-corrected chi connectivity index (χ0v) is 9.96. The van der Waals surface area contributed by atoms with E-state index in [0.29, 0.717) is 12.5 Å². The van der Waals surface area contributed by atoms with Gasteiger partial charge in [0.05, 0.1) is 0 Å². The molecule has 15 heavy (non-hydrogen) atoms. The van der Waals surface area contributed by atoms with Crippen molar-refractivity contribution in [2.75, 3.05) is 6.54 Å². The molecule has 88 valence electrons. The molecule has 2 unspecified atom stereocenters. The second-order valence-corrected chi connectivity index (χ2v) is 4.71. The fourth-order valence-corrected chi connectivity index (χ4v) is 1.84. The minimum atomic E-state index is 0.179. The summed E-state index contributed by atoms with van der Waals surface area (Å²) in [6.45, 7) is 4.74. The number of nitrogens with two attached hydrogens (primary N) is 1. The van der Waals surface area contributed by atoms with Gasteiger partial charge in [-0.25, -0.2) is 0 Å². The van der Waals surface area contributed by atoms with Crippen molar-refractivity contribution in [3.8, 4) is 0 Å². The van der Waals surface area contributed by atoms with Gasteiger partial charge in [-0.2, -0.15) is 0 Å². The summed E-state index contributed by atoms with van der Waals surface area (Å²) in [5, 5.41) is 3.06. The van der Waals surface area contributed by atoms with Crippen molar-refractivity contribution >= 4 is 5.91 Å². The topological polar surface area (TPSA) is 55.1 Å². The Bertz CT molecular complexity index is 202. The molecule has 3 N–H and O–H groups in total. The molecule has 0 bridgehead atoms. The summed E-state index contributed by atoms with van der Waals surface area (Å²) >= 11 is 0. The Labute approximate surface area is 92.8 Å². The zero-order valence-electron chi connectivity index (χ0n) is 9.96. The summed E-state index contributed by atoms with van der Waals surface area (Å²) in [4.78, 5) is 11.8. The summed E-state index contributed by atoms with van der Waals surface area (Å²) in [5.41, 5.74) is 5.64. The molecule has 0 spiro atoms. The normalized spacial score (nSPS) is 19.7. The third-order valence-corrected chi connectivity index (χ3v) is 3.28. The van der Waals surface area contributed by atoms with Gasteiger partial charge >= 0.3 is 0 Å². The van der Waals surface area contributed by atoms with Gasteiger partial charge in [0.15, 0.2) is 0 Å². The summed E-state index contributed by atoms with van der Waals surface area (Å²) in [6, 6.07) is 0.179. The van der Waals surface area contributed by atoms with Gasteiger partial charge in [0.1, 0.15) is 0 Å². The van der Waals surface area contributed by atoms with Crippen LogP contribution in [0.2, 0.25) is 0 Å². The molecular weight excluding hydrogens is 188 g/mol. The monoisotopic (exact) mass is 212 g/mol. The minimum absolute atomic E-state index is 0.179. The van der Waals surface area contributed by atoms with E-state index in [1.807, 2.05) is 6.92 Å². The predicted octanol–water partition coefficient (Wildman–Crippen LogP) is 1.67. The maximum Gasteiger partial charge on any atom is 0.223 e.